The molecule has 0 unspecified atom stereocenters. The maximum Gasteiger partial charge on any atom is 0.337 e. The molecule has 0 spiro atoms. The first-order chi connectivity index (χ1) is 18.3. The highest BCUT2D eigenvalue weighted by molar-refractivity contribution is 5.89. The maximum atomic E-state index is 12.6. The van der Waals surface area contributed by atoms with Crippen LogP contribution in [0.5, 0.6) is 0 Å². The first-order valence-corrected chi connectivity index (χ1v) is 14.3. The summed E-state index contributed by atoms with van der Waals surface area (Å²) >= 11 is 0. The third-order valence-electron chi connectivity index (χ3n) is 11.6. The molecular formula is C28H44O11. The number of hydrogen-bond donors (Lipinski definition) is 6. The van der Waals surface area contributed by atoms with Crippen molar-refractivity contribution >= 4 is 11.8 Å². The number of carbonyl (C=O) groups is 2. The first-order valence-electron chi connectivity index (χ1n) is 14.3. The summed E-state index contributed by atoms with van der Waals surface area (Å²) in [4.78, 5) is 24.6. The van der Waals surface area contributed by atoms with E-state index in [1.54, 1.807) is 0 Å². The van der Waals surface area contributed by atoms with Crippen molar-refractivity contribution in [3.05, 3.63) is 0 Å². The third-order valence-corrected chi connectivity index (χ3v) is 11.6. The van der Waals surface area contributed by atoms with Crippen LogP contribution in [0.4, 0.5) is 0 Å². The van der Waals surface area contributed by atoms with Gasteiger partial charge < -0.3 is 44.8 Å². The van der Waals surface area contributed by atoms with E-state index in [0.717, 1.165) is 26.4 Å². The average Bonchev–Trinajstić information content (AvgIpc) is 3.18. The van der Waals surface area contributed by atoms with Gasteiger partial charge in [0.25, 0.3) is 0 Å². The highest BCUT2D eigenvalue weighted by Crippen LogP contribution is 2.68. The summed E-state index contributed by atoms with van der Waals surface area (Å²) in [6.45, 7) is 3.41. The second-order valence-electron chi connectivity index (χ2n) is 13.2. The lowest BCUT2D eigenvalue weighted by molar-refractivity contribution is -0.310. The topological polar surface area (TPSA) is 183 Å². The Hall–Kier alpha value is -1.18. The predicted molar refractivity (Wildman–Crippen MR) is 134 cm³/mol. The summed E-state index contributed by atoms with van der Waals surface area (Å²) in [5, 5.41) is 63.4. The molecule has 11 heteroatoms. The van der Waals surface area contributed by atoms with Crippen LogP contribution in [-0.2, 0) is 23.8 Å². The molecule has 0 radical (unpaired) electrons. The Morgan fingerprint density at radius 2 is 1.69 bits per heavy atom. The number of esters is 1. The van der Waals surface area contributed by atoms with Crippen LogP contribution in [-0.4, -0.2) is 105 Å². The van der Waals surface area contributed by atoms with Crippen LogP contribution in [0.1, 0.15) is 65.2 Å². The van der Waals surface area contributed by atoms with Crippen LogP contribution in [0.2, 0.25) is 0 Å². The second kappa shape index (κ2) is 10.3. The van der Waals surface area contributed by atoms with Gasteiger partial charge in [-0.05, 0) is 80.5 Å². The van der Waals surface area contributed by atoms with E-state index >= 15 is 0 Å². The Kier molecular flexibility index (Phi) is 7.72. The molecule has 5 fully saturated rings. The van der Waals surface area contributed by atoms with Crippen molar-refractivity contribution in [1.82, 2.24) is 0 Å². The molecule has 14 atom stereocenters. The van der Waals surface area contributed by atoms with Crippen LogP contribution in [0.25, 0.3) is 0 Å². The minimum absolute atomic E-state index is 0.000881. The van der Waals surface area contributed by atoms with Gasteiger partial charge >= 0.3 is 5.97 Å². The largest absolute Gasteiger partial charge is 0.467 e. The van der Waals surface area contributed by atoms with Gasteiger partial charge in [-0.15, -0.1) is 0 Å². The number of carbonyl (C=O) groups excluding carboxylic acids is 2. The molecular weight excluding hydrogens is 512 g/mol. The lowest BCUT2D eigenvalue weighted by Gasteiger charge is -2.63. The fourth-order valence-corrected chi connectivity index (χ4v) is 9.52. The zero-order valence-corrected chi connectivity index (χ0v) is 22.9. The van der Waals surface area contributed by atoms with Crippen molar-refractivity contribution in [3.8, 4) is 0 Å². The number of ketones is 1. The van der Waals surface area contributed by atoms with Gasteiger partial charge in [-0.25, -0.2) is 4.79 Å². The highest BCUT2D eigenvalue weighted by Gasteiger charge is 2.68. The maximum absolute atomic E-state index is 12.6. The van der Waals surface area contributed by atoms with Gasteiger partial charge in [0.1, 0.15) is 30.5 Å². The summed E-state index contributed by atoms with van der Waals surface area (Å²) in [6, 6.07) is 0. The van der Waals surface area contributed by atoms with Crippen molar-refractivity contribution in [2.45, 2.75) is 114 Å². The third kappa shape index (κ3) is 4.31. The fourth-order valence-electron chi connectivity index (χ4n) is 9.52. The van der Waals surface area contributed by atoms with Gasteiger partial charge in [-0.1, -0.05) is 13.8 Å². The van der Waals surface area contributed by atoms with Gasteiger partial charge in [0, 0.05) is 5.41 Å². The summed E-state index contributed by atoms with van der Waals surface area (Å²) in [6.07, 6.45) is -3.57. The minimum atomic E-state index is -1.64. The molecule has 11 nitrogen and oxygen atoms in total. The molecule has 39 heavy (non-hydrogen) atoms. The lowest BCUT2D eigenvalue weighted by Crippen LogP contribution is -2.63. The number of aliphatic hydroxyl groups excluding tert-OH is 5. The van der Waals surface area contributed by atoms with Gasteiger partial charge in [0.15, 0.2) is 18.2 Å². The molecule has 4 saturated carbocycles. The Morgan fingerprint density at radius 3 is 2.36 bits per heavy atom. The van der Waals surface area contributed by atoms with E-state index in [1.165, 1.54) is 0 Å². The number of Topliss-reactive ketones (excluding diaryl/α,β-unsaturated/α-hetero) is 1. The molecule has 222 valence electrons. The van der Waals surface area contributed by atoms with Crippen LogP contribution in [0.15, 0.2) is 0 Å². The molecule has 1 saturated heterocycles. The van der Waals surface area contributed by atoms with E-state index in [-0.39, 0.29) is 35.2 Å². The molecule has 0 aromatic rings. The van der Waals surface area contributed by atoms with Crippen molar-refractivity contribution < 1.29 is 54.4 Å². The molecule has 0 amide bonds. The van der Waals surface area contributed by atoms with E-state index in [9.17, 15) is 40.2 Å². The monoisotopic (exact) mass is 556 g/mol. The van der Waals surface area contributed by atoms with E-state index in [4.69, 9.17) is 9.47 Å². The molecule has 1 heterocycles. The summed E-state index contributed by atoms with van der Waals surface area (Å²) < 4.78 is 16.3. The van der Waals surface area contributed by atoms with Crippen LogP contribution >= 0.6 is 0 Å². The van der Waals surface area contributed by atoms with E-state index in [2.05, 4.69) is 11.7 Å². The molecule has 4 aliphatic carbocycles. The highest BCUT2D eigenvalue weighted by atomic mass is 16.7. The van der Waals surface area contributed by atoms with Gasteiger partial charge in [0.05, 0.1) is 19.3 Å². The van der Waals surface area contributed by atoms with E-state index in [0.29, 0.717) is 32.1 Å². The number of ether oxygens (including phenoxy) is 3. The number of rotatable bonds is 5. The van der Waals surface area contributed by atoms with Crippen molar-refractivity contribution in [2.75, 3.05) is 13.7 Å². The number of methoxy groups -OCH3 is 1. The molecule has 5 rings (SSSR count). The predicted octanol–water partition coefficient (Wildman–Crippen LogP) is -0.342. The SMILES string of the molecule is COC(=O)[C@H]1O[C@@H](O[C@@H]2CC[C@@]3(C)[C@@H](CC[C@@H]4[C@@H]3[C@@H](O)C[C@@]3(C)[C@H]4CC[C@]3(O)C(=O)CO)C2)[C@H](O)[C@@H](O)[C@@H]1O. The second-order valence-corrected chi connectivity index (χ2v) is 13.2. The van der Waals surface area contributed by atoms with Crippen LogP contribution < -0.4 is 0 Å². The van der Waals surface area contributed by atoms with E-state index in [1.807, 2.05) is 6.92 Å². The standard InChI is InChI=1S/C28H44O11/c1-26-8-6-14(38-25-22(34)20(32)21(33)23(39-25)24(35)37-3)10-13(26)4-5-15-16-7-9-28(36,18(31)12-29)27(16,2)11-17(30)19(15)26/h13-17,19-23,25,29-30,32-34,36H,4-12H2,1-3H3/t13-,14+,15-,16-,17-,19+,20-,21-,22+,23-,25+,26-,27-,28-/m0/s1. The quantitative estimate of drug-likeness (QED) is 0.192. The summed E-state index contributed by atoms with van der Waals surface area (Å²) in [5.41, 5.74) is -2.60. The Balaban J connectivity index is 1.30. The summed E-state index contributed by atoms with van der Waals surface area (Å²) in [5.74, 6) is -0.988. The Bertz CT molecular complexity index is 960. The van der Waals surface area contributed by atoms with Crippen LogP contribution in [0, 0.1) is 34.5 Å². The van der Waals surface area contributed by atoms with Gasteiger partial charge in [-0.3, -0.25) is 4.79 Å². The zero-order chi connectivity index (χ0) is 28.5. The normalized spacial score (nSPS) is 53.3. The Labute approximate surface area is 228 Å². The van der Waals surface area contributed by atoms with Crippen LogP contribution in [0.3, 0.4) is 0 Å². The molecule has 0 aromatic heterocycles. The molecule has 5 aliphatic rings. The summed E-state index contributed by atoms with van der Waals surface area (Å²) in [7, 11) is 1.14. The smallest absolute Gasteiger partial charge is 0.337 e. The number of hydrogen-bond acceptors (Lipinski definition) is 11. The van der Waals surface area contributed by atoms with Crippen molar-refractivity contribution in [2.24, 2.45) is 34.5 Å². The molecule has 1 aliphatic heterocycles. The van der Waals surface area contributed by atoms with Crippen molar-refractivity contribution in [3.63, 3.8) is 0 Å². The van der Waals surface area contributed by atoms with E-state index < -0.39 is 66.2 Å². The average molecular weight is 557 g/mol. The fraction of sp³-hybridized carbons (Fsp3) is 0.929. The van der Waals surface area contributed by atoms with Gasteiger partial charge in [-0.2, -0.15) is 0 Å². The Morgan fingerprint density at radius 1 is 0.974 bits per heavy atom. The first kappa shape index (κ1) is 29.3. The zero-order valence-electron chi connectivity index (χ0n) is 22.9. The van der Waals surface area contributed by atoms with Crippen molar-refractivity contribution in [1.29, 1.82) is 0 Å². The number of aliphatic hydroxyl groups is 6. The molecule has 6 N–H and O–H groups in total. The lowest BCUT2D eigenvalue weighted by atomic mass is 9.43. The minimum Gasteiger partial charge on any atom is -0.467 e. The molecule has 0 aromatic carbocycles. The van der Waals surface area contributed by atoms with Gasteiger partial charge in [0.2, 0.25) is 0 Å². The molecule has 0 bridgehead atoms. The number of fused-ring (bicyclic) bond motifs is 5.